The lowest BCUT2D eigenvalue weighted by molar-refractivity contribution is 0.0952. The number of rotatable bonds is 4. The Hall–Kier alpha value is -1.95. The second kappa shape index (κ2) is 6.22. The van der Waals surface area contributed by atoms with Crippen molar-refractivity contribution >= 4 is 11.6 Å². The number of aryl methyl sites for hydroxylation is 1. The summed E-state index contributed by atoms with van der Waals surface area (Å²) in [6, 6.07) is 1.87. The first-order valence-corrected chi connectivity index (χ1v) is 7.54. The van der Waals surface area contributed by atoms with Crippen LogP contribution in [0.25, 0.3) is 5.65 Å². The largest absolute Gasteiger partial charge is 0.352 e. The molecule has 1 amide bonds. The van der Waals surface area contributed by atoms with Gasteiger partial charge < -0.3 is 10.6 Å². The van der Waals surface area contributed by atoms with Gasteiger partial charge in [0.15, 0.2) is 5.65 Å². The van der Waals surface area contributed by atoms with Gasteiger partial charge in [-0.2, -0.15) is 5.10 Å². The predicted octanol–water partition coefficient (Wildman–Crippen LogP) is 1.16. The Balaban J connectivity index is 1.60. The number of carbonyl (C=O) groups is 1. The summed E-state index contributed by atoms with van der Waals surface area (Å²) in [5.74, 6) is 0.579. The molecule has 1 fully saturated rings. The molecule has 0 aromatic carbocycles. The molecule has 3 heterocycles. The minimum Gasteiger partial charge on any atom is -0.352 e. The maximum atomic E-state index is 12.3. The molecule has 0 spiro atoms. The molecule has 0 aliphatic carbocycles. The number of aromatic nitrogens is 3. The van der Waals surface area contributed by atoms with Gasteiger partial charge in [-0.15, -0.1) is 0 Å². The summed E-state index contributed by atoms with van der Waals surface area (Å²) in [4.78, 5) is 16.6. The van der Waals surface area contributed by atoms with E-state index in [4.69, 9.17) is 0 Å². The zero-order valence-corrected chi connectivity index (χ0v) is 12.3. The van der Waals surface area contributed by atoms with Gasteiger partial charge in [-0.05, 0) is 51.3 Å². The van der Waals surface area contributed by atoms with Crippen LogP contribution in [-0.4, -0.2) is 40.1 Å². The number of nitrogens with zero attached hydrogens (tertiary/aromatic N) is 3. The minimum atomic E-state index is -0.0909. The van der Waals surface area contributed by atoms with Gasteiger partial charge in [0.25, 0.3) is 5.91 Å². The second-order valence-corrected chi connectivity index (χ2v) is 5.65. The molecule has 2 aromatic rings. The van der Waals surface area contributed by atoms with Gasteiger partial charge in [-0.1, -0.05) is 0 Å². The van der Waals surface area contributed by atoms with Crippen molar-refractivity contribution in [2.75, 3.05) is 19.6 Å². The Morgan fingerprint density at radius 2 is 2.48 bits per heavy atom. The third-order valence-electron chi connectivity index (χ3n) is 3.99. The van der Waals surface area contributed by atoms with Crippen LogP contribution >= 0.6 is 0 Å². The molecule has 1 unspecified atom stereocenters. The fourth-order valence-electron chi connectivity index (χ4n) is 2.77. The molecule has 2 N–H and O–H groups in total. The number of hydrogen-bond acceptors (Lipinski definition) is 4. The van der Waals surface area contributed by atoms with E-state index in [9.17, 15) is 4.79 Å². The summed E-state index contributed by atoms with van der Waals surface area (Å²) < 4.78 is 1.63. The summed E-state index contributed by atoms with van der Waals surface area (Å²) in [6.07, 6.45) is 6.90. The molecule has 2 aromatic heterocycles. The van der Waals surface area contributed by atoms with Crippen molar-refractivity contribution < 1.29 is 4.79 Å². The van der Waals surface area contributed by atoms with E-state index < -0.39 is 0 Å². The topological polar surface area (TPSA) is 71.3 Å². The lowest BCUT2D eigenvalue weighted by Crippen LogP contribution is -2.33. The minimum absolute atomic E-state index is 0.0909. The average molecular weight is 287 g/mol. The number of nitrogens with one attached hydrogen (secondary N) is 2. The number of carbonyl (C=O) groups excluding carboxylic acids is 1. The van der Waals surface area contributed by atoms with Crippen LogP contribution in [0.1, 0.15) is 35.3 Å². The molecule has 0 radical (unpaired) electrons. The van der Waals surface area contributed by atoms with Crippen molar-refractivity contribution in [1.29, 1.82) is 0 Å². The van der Waals surface area contributed by atoms with E-state index in [0.717, 1.165) is 25.2 Å². The maximum absolute atomic E-state index is 12.3. The van der Waals surface area contributed by atoms with E-state index in [0.29, 0.717) is 23.7 Å². The van der Waals surface area contributed by atoms with Crippen LogP contribution in [0.2, 0.25) is 0 Å². The van der Waals surface area contributed by atoms with Crippen molar-refractivity contribution in [1.82, 2.24) is 25.2 Å². The zero-order chi connectivity index (χ0) is 14.7. The van der Waals surface area contributed by atoms with Gasteiger partial charge in [0.2, 0.25) is 0 Å². The Labute approximate surface area is 123 Å². The van der Waals surface area contributed by atoms with Crippen molar-refractivity contribution in [3.8, 4) is 0 Å². The monoisotopic (exact) mass is 287 g/mol. The molecule has 1 aliphatic rings. The molecule has 0 saturated carbocycles. The second-order valence-electron chi connectivity index (χ2n) is 5.65. The lowest BCUT2D eigenvalue weighted by Gasteiger charge is -2.22. The standard InChI is InChI=1S/C15H21N5O/c1-11-5-8-20-14(19-11)13(10-18-20)15(21)17-7-4-12-3-2-6-16-9-12/h5,8,10,12,16H,2-4,6-7,9H2,1H3,(H,17,21). The molecule has 1 atom stereocenters. The van der Waals surface area contributed by atoms with Crippen LogP contribution < -0.4 is 10.6 Å². The maximum Gasteiger partial charge on any atom is 0.256 e. The molecular weight excluding hydrogens is 266 g/mol. The van der Waals surface area contributed by atoms with Gasteiger partial charge in [0.1, 0.15) is 5.56 Å². The number of piperidine rings is 1. The normalized spacial score (nSPS) is 18.8. The number of fused-ring (bicyclic) bond motifs is 1. The Kier molecular flexibility index (Phi) is 4.15. The highest BCUT2D eigenvalue weighted by atomic mass is 16.1. The van der Waals surface area contributed by atoms with E-state index >= 15 is 0 Å². The van der Waals surface area contributed by atoms with E-state index in [1.807, 2.05) is 19.2 Å². The number of hydrogen-bond donors (Lipinski definition) is 2. The van der Waals surface area contributed by atoms with E-state index in [2.05, 4.69) is 20.7 Å². The highest BCUT2D eigenvalue weighted by Gasteiger charge is 2.16. The molecule has 21 heavy (non-hydrogen) atoms. The molecular formula is C15H21N5O. The Bertz CT molecular complexity index is 630. The zero-order valence-electron chi connectivity index (χ0n) is 12.3. The fraction of sp³-hybridized carbons (Fsp3) is 0.533. The van der Waals surface area contributed by atoms with Crippen molar-refractivity contribution in [2.24, 2.45) is 5.92 Å². The molecule has 6 nitrogen and oxygen atoms in total. The van der Waals surface area contributed by atoms with E-state index in [1.54, 1.807) is 10.7 Å². The summed E-state index contributed by atoms with van der Waals surface area (Å²) in [6.45, 7) is 4.79. The van der Waals surface area contributed by atoms with Crippen molar-refractivity contribution in [2.45, 2.75) is 26.2 Å². The molecule has 0 bridgehead atoms. The molecule has 112 valence electrons. The third kappa shape index (κ3) is 3.21. The van der Waals surface area contributed by atoms with Crippen molar-refractivity contribution in [3.05, 3.63) is 29.7 Å². The van der Waals surface area contributed by atoms with Crippen LogP contribution in [0.3, 0.4) is 0 Å². The van der Waals surface area contributed by atoms with Crippen molar-refractivity contribution in [3.63, 3.8) is 0 Å². The third-order valence-corrected chi connectivity index (χ3v) is 3.99. The summed E-state index contributed by atoms with van der Waals surface area (Å²) >= 11 is 0. The first kappa shape index (κ1) is 14.0. The van der Waals surface area contributed by atoms with Gasteiger partial charge in [0.05, 0.1) is 6.20 Å². The summed E-state index contributed by atoms with van der Waals surface area (Å²) in [5.41, 5.74) is 2.04. The highest BCUT2D eigenvalue weighted by Crippen LogP contribution is 2.13. The molecule has 1 aliphatic heterocycles. The Morgan fingerprint density at radius 3 is 3.29 bits per heavy atom. The van der Waals surface area contributed by atoms with Gasteiger partial charge in [-0.3, -0.25) is 4.79 Å². The van der Waals surface area contributed by atoms with Crippen LogP contribution in [0.15, 0.2) is 18.5 Å². The lowest BCUT2D eigenvalue weighted by atomic mass is 9.96. The van der Waals surface area contributed by atoms with Crippen LogP contribution in [0, 0.1) is 12.8 Å². The summed E-state index contributed by atoms with van der Waals surface area (Å²) in [5, 5.41) is 10.5. The van der Waals surface area contributed by atoms with Gasteiger partial charge in [-0.25, -0.2) is 9.50 Å². The van der Waals surface area contributed by atoms with Gasteiger partial charge >= 0.3 is 0 Å². The number of amides is 1. The first-order valence-electron chi connectivity index (χ1n) is 7.54. The first-order chi connectivity index (χ1) is 10.2. The predicted molar refractivity (Wildman–Crippen MR) is 80.3 cm³/mol. The van der Waals surface area contributed by atoms with Crippen LogP contribution in [0.5, 0.6) is 0 Å². The Morgan fingerprint density at radius 1 is 1.57 bits per heavy atom. The summed E-state index contributed by atoms with van der Waals surface area (Å²) in [7, 11) is 0. The van der Waals surface area contributed by atoms with Crippen LogP contribution in [-0.2, 0) is 0 Å². The van der Waals surface area contributed by atoms with Gasteiger partial charge in [0, 0.05) is 18.4 Å². The highest BCUT2D eigenvalue weighted by molar-refractivity contribution is 5.99. The SMILES string of the molecule is Cc1ccn2ncc(C(=O)NCCC3CCCNC3)c2n1. The van der Waals surface area contributed by atoms with E-state index in [-0.39, 0.29) is 5.91 Å². The average Bonchev–Trinajstić information content (AvgIpc) is 2.91. The molecule has 6 heteroatoms. The molecule has 1 saturated heterocycles. The molecule has 3 rings (SSSR count). The van der Waals surface area contributed by atoms with Crippen LogP contribution in [0.4, 0.5) is 0 Å². The van der Waals surface area contributed by atoms with E-state index in [1.165, 1.54) is 12.8 Å². The smallest absolute Gasteiger partial charge is 0.256 e. The quantitative estimate of drug-likeness (QED) is 0.885. The fourth-order valence-corrected chi connectivity index (χ4v) is 2.77.